The van der Waals surface area contributed by atoms with E-state index in [0.717, 1.165) is 54.9 Å². The monoisotopic (exact) mass is 343 g/mol. The van der Waals surface area contributed by atoms with Crippen LogP contribution in [0.4, 0.5) is 10.5 Å². The standard InChI is InChI=1S/C21H33N3O/c1-16-12-17(2)14-23(13-16)15-19-8-10-24(11-9-19)21(25)22-20-7-5-4-6-18(20)3/h4-7,16-17,19H,8-15H2,1-3H3,(H,22,25). The summed E-state index contributed by atoms with van der Waals surface area (Å²) in [5, 5.41) is 3.06. The molecule has 2 aliphatic heterocycles. The van der Waals surface area contributed by atoms with Crippen LogP contribution in [0.5, 0.6) is 0 Å². The summed E-state index contributed by atoms with van der Waals surface area (Å²) in [6.45, 7) is 12.2. The third kappa shape index (κ3) is 4.97. The molecule has 2 heterocycles. The number of nitrogens with zero attached hydrogens (tertiary/aromatic N) is 2. The van der Waals surface area contributed by atoms with Crippen LogP contribution in [0.15, 0.2) is 24.3 Å². The number of hydrogen-bond acceptors (Lipinski definition) is 2. The van der Waals surface area contributed by atoms with Crippen LogP contribution in [0.2, 0.25) is 0 Å². The minimum absolute atomic E-state index is 0.0490. The average molecular weight is 344 g/mol. The van der Waals surface area contributed by atoms with E-state index in [1.54, 1.807) is 0 Å². The lowest BCUT2D eigenvalue weighted by molar-refractivity contribution is 0.101. The summed E-state index contributed by atoms with van der Waals surface area (Å²) in [5.41, 5.74) is 2.03. The summed E-state index contributed by atoms with van der Waals surface area (Å²) in [5.74, 6) is 2.38. The Morgan fingerprint density at radius 2 is 1.76 bits per heavy atom. The lowest BCUT2D eigenvalue weighted by Crippen LogP contribution is -2.46. The fourth-order valence-corrected chi connectivity index (χ4v) is 4.53. The Labute approximate surface area is 152 Å². The summed E-state index contributed by atoms with van der Waals surface area (Å²) in [6.07, 6.45) is 3.62. The van der Waals surface area contributed by atoms with Gasteiger partial charge in [0.2, 0.25) is 0 Å². The van der Waals surface area contributed by atoms with Crippen molar-refractivity contribution in [3.63, 3.8) is 0 Å². The molecule has 1 aromatic carbocycles. The lowest BCUT2D eigenvalue weighted by Gasteiger charge is -2.39. The van der Waals surface area contributed by atoms with E-state index in [4.69, 9.17) is 0 Å². The number of benzene rings is 1. The quantitative estimate of drug-likeness (QED) is 0.892. The summed E-state index contributed by atoms with van der Waals surface area (Å²) in [4.78, 5) is 17.1. The number of carbonyl (C=O) groups is 1. The third-order valence-electron chi connectivity index (χ3n) is 5.75. The molecule has 2 unspecified atom stereocenters. The second-order valence-corrected chi connectivity index (χ2v) is 8.34. The van der Waals surface area contributed by atoms with E-state index in [2.05, 4.69) is 24.1 Å². The Kier molecular flexibility index (Phi) is 6.00. The number of para-hydroxylation sites is 1. The fourth-order valence-electron chi connectivity index (χ4n) is 4.53. The molecule has 2 fully saturated rings. The number of hydrogen-bond donors (Lipinski definition) is 1. The minimum atomic E-state index is 0.0490. The van der Waals surface area contributed by atoms with Crippen molar-refractivity contribution >= 4 is 11.7 Å². The molecule has 2 aliphatic rings. The first-order valence-corrected chi connectivity index (χ1v) is 9.85. The highest BCUT2D eigenvalue weighted by molar-refractivity contribution is 5.90. The molecule has 25 heavy (non-hydrogen) atoms. The zero-order valence-corrected chi connectivity index (χ0v) is 16.0. The molecule has 3 rings (SSSR count). The molecule has 4 heteroatoms. The maximum absolute atomic E-state index is 12.5. The molecular weight excluding hydrogens is 310 g/mol. The van der Waals surface area contributed by atoms with Crippen LogP contribution in [0.3, 0.4) is 0 Å². The highest BCUT2D eigenvalue weighted by Crippen LogP contribution is 2.25. The van der Waals surface area contributed by atoms with Crippen molar-refractivity contribution in [1.82, 2.24) is 9.80 Å². The van der Waals surface area contributed by atoms with Gasteiger partial charge >= 0.3 is 6.03 Å². The molecule has 0 spiro atoms. The number of nitrogens with one attached hydrogen (secondary N) is 1. The minimum Gasteiger partial charge on any atom is -0.325 e. The van der Waals surface area contributed by atoms with Crippen molar-refractivity contribution in [3.05, 3.63) is 29.8 Å². The predicted molar refractivity (Wildman–Crippen MR) is 104 cm³/mol. The van der Waals surface area contributed by atoms with Crippen LogP contribution in [0.25, 0.3) is 0 Å². The molecule has 138 valence electrons. The normalized spacial score (nSPS) is 25.8. The number of piperidine rings is 2. The van der Waals surface area contributed by atoms with E-state index in [1.165, 1.54) is 26.1 Å². The van der Waals surface area contributed by atoms with Crippen LogP contribution in [-0.4, -0.2) is 48.6 Å². The SMILES string of the molecule is Cc1ccccc1NC(=O)N1CCC(CN2CC(C)CC(C)C2)CC1. The van der Waals surface area contributed by atoms with Crippen LogP contribution in [0.1, 0.15) is 38.7 Å². The van der Waals surface area contributed by atoms with Crippen LogP contribution < -0.4 is 5.32 Å². The van der Waals surface area contributed by atoms with Gasteiger partial charge in [-0.3, -0.25) is 0 Å². The maximum Gasteiger partial charge on any atom is 0.321 e. The predicted octanol–water partition coefficient (Wildman–Crippen LogP) is 4.22. The Bertz CT molecular complexity index is 570. The average Bonchev–Trinajstić information content (AvgIpc) is 2.56. The fraction of sp³-hybridized carbons (Fsp3) is 0.667. The maximum atomic E-state index is 12.5. The molecule has 0 bridgehead atoms. The van der Waals surface area contributed by atoms with Crippen molar-refractivity contribution in [2.45, 2.75) is 40.0 Å². The number of likely N-dealkylation sites (tertiary alicyclic amines) is 2. The van der Waals surface area contributed by atoms with Gasteiger partial charge < -0.3 is 15.1 Å². The first kappa shape index (κ1) is 18.2. The zero-order chi connectivity index (χ0) is 17.8. The summed E-state index contributed by atoms with van der Waals surface area (Å²) in [7, 11) is 0. The van der Waals surface area contributed by atoms with Gasteiger partial charge in [0.05, 0.1) is 0 Å². The van der Waals surface area contributed by atoms with E-state index < -0.39 is 0 Å². The molecule has 2 atom stereocenters. The third-order valence-corrected chi connectivity index (χ3v) is 5.75. The van der Waals surface area contributed by atoms with Gasteiger partial charge in [-0.15, -0.1) is 0 Å². The molecule has 2 amide bonds. The second kappa shape index (κ2) is 8.22. The summed E-state index contributed by atoms with van der Waals surface area (Å²) >= 11 is 0. The molecule has 2 saturated heterocycles. The van der Waals surface area contributed by atoms with E-state index in [1.807, 2.05) is 36.1 Å². The zero-order valence-electron chi connectivity index (χ0n) is 16.0. The van der Waals surface area contributed by atoms with Crippen LogP contribution >= 0.6 is 0 Å². The van der Waals surface area contributed by atoms with Crippen molar-refractivity contribution in [1.29, 1.82) is 0 Å². The van der Waals surface area contributed by atoms with E-state index in [0.29, 0.717) is 0 Å². The Balaban J connectivity index is 1.45. The van der Waals surface area contributed by atoms with Gasteiger partial charge in [0, 0.05) is 38.4 Å². The Morgan fingerprint density at radius 1 is 1.12 bits per heavy atom. The molecule has 0 saturated carbocycles. The van der Waals surface area contributed by atoms with Crippen molar-refractivity contribution in [2.24, 2.45) is 17.8 Å². The van der Waals surface area contributed by atoms with Crippen molar-refractivity contribution in [2.75, 3.05) is 38.0 Å². The van der Waals surface area contributed by atoms with Crippen molar-refractivity contribution < 1.29 is 4.79 Å². The number of amides is 2. The van der Waals surface area contributed by atoms with Gasteiger partial charge in [-0.2, -0.15) is 0 Å². The molecule has 1 N–H and O–H groups in total. The highest BCUT2D eigenvalue weighted by Gasteiger charge is 2.27. The largest absolute Gasteiger partial charge is 0.325 e. The van der Waals surface area contributed by atoms with Crippen LogP contribution in [-0.2, 0) is 0 Å². The van der Waals surface area contributed by atoms with Gasteiger partial charge in [-0.05, 0) is 55.6 Å². The van der Waals surface area contributed by atoms with E-state index >= 15 is 0 Å². The second-order valence-electron chi connectivity index (χ2n) is 8.34. The van der Waals surface area contributed by atoms with Crippen molar-refractivity contribution in [3.8, 4) is 0 Å². The number of urea groups is 1. The Hall–Kier alpha value is -1.55. The van der Waals surface area contributed by atoms with Gasteiger partial charge in [0.1, 0.15) is 0 Å². The Morgan fingerprint density at radius 3 is 2.40 bits per heavy atom. The van der Waals surface area contributed by atoms with Gasteiger partial charge in [-0.25, -0.2) is 4.79 Å². The number of rotatable bonds is 3. The number of carbonyl (C=O) groups excluding carboxylic acids is 1. The summed E-state index contributed by atoms with van der Waals surface area (Å²) < 4.78 is 0. The molecule has 0 radical (unpaired) electrons. The molecule has 0 aromatic heterocycles. The van der Waals surface area contributed by atoms with E-state index in [9.17, 15) is 4.79 Å². The molecular formula is C21H33N3O. The molecule has 1 aromatic rings. The first-order chi connectivity index (χ1) is 12.0. The van der Waals surface area contributed by atoms with Gasteiger partial charge in [0.25, 0.3) is 0 Å². The number of anilines is 1. The molecule has 0 aliphatic carbocycles. The number of aryl methyl sites for hydroxylation is 1. The topological polar surface area (TPSA) is 35.6 Å². The van der Waals surface area contributed by atoms with E-state index in [-0.39, 0.29) is 6.03 Å². The van der Waals surface area contributed by atoms with Crippen LogP contribution in [0, 0.1) is 24.7 Å². The molecule has 4 nitrogen and oxygen atoms in total. The summed E-state index contributed by atoms with van der Waals surface area (Å²) in [6, 6.07) is 8.02. The first-order valence-electron chi connectivity index (χ1n) is 9.85. The highest BCUT2D eigenvalue weighted by atomic mass is 16.2. The smallest absolute Gasteiger partial charge is 0.321 e. The van der Waals surface area contributed by atoms with Gasteiger partial charge in [-0.1, -0.05) is 32.0 Å². The lowest BCUT2D eigenvalue weighted by atomic mass is 9.89. The van der Waals surface area contributed by atoms with Gasteiger partial charge in [0.15, 0.2) is 0 Å².